The Morgan fingerprint density at radius 2 is 1.29 bits per heavy atom. The van der Waals surface area contributed by atoms with Crippen LogP contribution in [0.25, 0.3) is 5.57 Å². The maximum Gasteiger partial charge on any atom is 0.0716 e. The van der Waals surface area contributed by atoms with Crippen LogP contribution < -0.4 is 0 Å². The molecule has 6 rings (SSSR count). The van der Waals surface area contributed by atoms with Crippen molar-refractivity contribution >= 4 is 5.57 Å². The van der Waals surface area contributed by atoms with Gasteiger partial charge in [0.2, 0.25) is 0 Å². The first-order valence-electron chi connectivity index (χ1n) is 10.4. The molecule has 0 heterocycles. The van der Waals surface area contributed by atoms with Gasteiger partial charge in [0.1, 0.15) is 0 Å². The number of hydrogen-bond donors (Lipinski definition) is 0. The molecule has 0 saturated carbocycles. The van der Waals surface area contributed by atoms with Gasteiger partial charge in [0.05, 0.1) is 5.41 Å². The SMILES string of the molecule is CC1CC=CC2=C1c1ccccc1C21c2ccccc2C(C)c2ccccc21. The average molecular weight is 361 g/mol. The highest BCUT2D eigenvalue weighted by Crippen LogP contribution is 2.62. The van der Waals surface area contributed by atoms with Crippen LogP contribution in [-0.2, 0) is 5.41 Å². The molecule has 0 nitrogen and oxygen atoms in total. The second kappa shape index (κ2) is 5.58. The van der Waals surface area contributed by atoms with Crippen molar-refractivity contribution in [2.75, 3.05) is 0 Å². The van der Waals surface area contributed by atoms with Crippen LogP contribution >= 0.6 is 0 Å². The van der Waals surface area contributed by atoms with Crippen molar-refractivity contribution in [3.05, 3.63) is 124 Å². The lowest BCUT2D eigenvalue weighted by atomic mass is 9.58. The summed E-state index contributed by atoms with van der Waals surface area (Å²) in [5.74, 6) is 0.971. The Labute approximate surface area is 167 Å². The molecule has 3 aliphatic rings. The van der Waals surface area contributed by atoms with Gasteiger partial charge in [0.15, 0.2) is 0 Å². The highest BCUT2D eigenvalue weighted by molar-refractivity contribution is 5.90. The van der Waals surface area contributed by atoms with E-state index in [0.29, 0.717) is 11.8 Å². The fourth-order valence-corrected chi connectivity index (χ4v) is 6.12. The lowest BCUT2D eigenvalue weighted by molar-refractivity contribution is 0.670. The Morgan fingerprint density at radius 1 is 0.714 bits per heavy atom. The van der Waals surface area contributed by atoms with Gasteiger partial charge in [0, 0.05) is 5.92 Å². The highest BCUT2D eigenvalue weighted by atomic mass is 14.5. The lowest BCUT2D eigenvalue weighted by Crippen LogP contribution is -2.36. The van der Waals surface area contributed by atoms with Crippen LogP contribution in [0.5, 0.6) is 0 Å². The zero-order valence-corrected chi connectivity index (χ0v) is 16.4. The van der Waals surface area contributed by atoms with Crippen LogP contribution in [0.1, 0.15) is 59.6 Å². The molecule has 0 N–H and O–H groups in total. The smallest absolute Gasteiger partial charge is 0.0716 e. The van der Waals surface area contributed by atoms with E-state index in [1.807, 2.05) is 0 Å². The van der Waals surface area contributed by atoms with Gasteiger partial charge in [-0.1, -0.05) is 98.8 Å². The number of fused-ring (bicyclic) bond motifs is 8. The summed E-state index contributed by atoms with van der Waals surface area (Å²) >= 11 is 0. The van der Waals surface area contributed by atoms with Crippen molar-refractivity contribution < 1.29 is 0 Å². The normalized spacial score (nSPS) is 26.6. The van der Waals surface area contributed by atoms with E-state index in [2.05, 4.69) is 98.8 Å². The number of rotatable bonds is 0. The van der Waals surface area contributed by atoms with E-state index in [9.17, 15) is 0 Å². The van der Waals surface area contributed by atoms with E-state index < -0.39 is 0 Å². The Morgan fingerprint density at radius 3 is 1.96 bits per heavy atom. The van der Waals surface area contributed by atoms with E-state index in [0.717, 1.165) is 6.42 Å². The number of allylic oxidation sites excluding steroid dienone is 4. The molecule has 0 radical (unpaired) electrons. The van der Waals surface area contributed by atoms with Gasteiger partial charge in [-0.15, -0.1) is 0 Å². The third-order valence-electron chi connectivity index (χ3n) is 7.24. The molecule has 1 spiro atoms. The fourth-order valence-electron chi connectivity index (χ4n) is 6.12. The van der Waals surface area contributed by atoms with Gasteiger partial charge in [-0.05, 0) is 56.9 Å². The van der Waals surface area contributed by atoms with Crippen molar-refractivity contribution in [1.82, 2.24) is 0 Å². The summed E-state index contributed by atoms with van der Waals surface area (Å²) in [6.07, 6.45) is 5.95. The fraction of sp³-hybridized carbons (Fsp3) is 0.214. The summed E-state index contributed by atoms with van der Waals surface area (Å²) in [5.41, 5.74) is 11.7. The summed E-state index contributed by atoms with van der Waals surface area (Å²) in [4.78, 5) is 0. The van der Waals surface area contributed by atoms with Gasteiger partial charge in [0.25, 0.3) is 0 Å². The number of benzene rings is 3. The Balaban J connectivity index is 1.84. The summed E-state index contributed by atoms with van der Waals surface area (Å²) in [6.45, 7) is 4.75. The molecular weight excluding hydrogens is 336 g/mol. The molecule has 1 unspecified atom stereocenters. The van der Waals surface area contributed by atoms with E-state index in [1.165, 1.54) is 39.0 Å². The van der Waals surface area contributed by atoms with Crippen LogP contribution in [0.2, 0.25) is 0 Å². The van der Waals surface area contributed by atoms with Crippen molar-refractivity contribution in [2.24, 2.45) is 5.92 Å². The molecule has 3 aliphatic carbocycles. The molecule has 3 aromatic carbocycles. The first-order chi connectivity index (χ1) is 13.7. The molecule has 28 heavy (non-hydrogen) atoms. The van der Waals surface area contributed by atoms with E-state index >= 15 is 0 Å². The predicted molar refractivity (Wildman–Crippen MR) is 117 cm³/mol. The highest BCUT2D eigenvalue weighted by Gasteiger charge is 2.52. The first-order valence-corrected chi connectivity index (χ1v) is 10.4. The molecule has 0 fully saturated rings. The van der Waals surface area contributed by atoms with Gasteiger partial charge >= 0.3 is 0 Å². The zero-order chi connectivity index (χ0) is 18.9. The topological polar surface area (TPSA) is 0 Å². The molecule has 0 aromatic heterocycles. The van der Waals surface area contributed by atoms with E-state index in [4.69, 9.17) is 0 Å². The quantitative estimate of drug-likeness (QED) is 0.411. The Bertz CT molecular complexity index is 1130. The molecule has 3 aromatic rings. The molecule has 0 bridgehead atoms. The molecule has 0 saturated heterocycles. The molecule has 0 heteroatoms. The largest absolute Gasteiger partial charge is 0.0836 e. The Kier molecular flexibility index (Phi) is 3.21. The van der Waals surface area contributed by atoms with Gasteiger partial charge in [-0.25, -0.2) is 0 Å². The standard InChI is InChI=1S/C28H24/c1-18-10-9-17-26-27(18)22-13-5-8-16-25(22)28(26)23-14-6-3-11-20(23)19(2)21-12-4-7-15-24(21)28/h3-9,11-19H,10H2,1-2H3. The third kappa shape index (κ3) is 1.77. The molecule has 0 aliphatic heterocycles. The van der Waals surface area contributed by atoms with Crippen LogP contribution in [0, 0.1) is 5.92 Å². The van der Waals surface area contributed by atoms with Crippen LogP contribution in [0.15, 0.2) is 90.5 Å². The minimum absolute atomic E-state index is 0.184. The maximum absolute atomic E-state index is 2.43. The predicted octanol–water partition coefficient (Wildman–Crippen LogP) is 6.85. The van der Waals surface area contributed by atoms with Crippen molar-refractivity contribution in [3.63, 3.8) is 0 Å². The second-order valence-corrected chi connectivity index (χ2v) is 8.56. The second-order valence-electron chi connectivity index (χ2n) is 8.56. The average Bonchev–Trinajstić information content (AvgIpc) is 3.05. The Hall–Kier alpha value is -2.86. The first kappa shape index (κ1) is 16.1. The molecule has 136 valence electrons. The molecule has 1 atom stereocenters. The van der Waals surface area contributed by atoms with Crippen LogP contribution in [0.4, 0.5) is 0 Å². The van der Waals surface area contributed by atoms with E-state index in [1.54, 1.807) is 5.57 Å². The minimum atomic E-state index is -0.184. The van der Waals surface area contributed by atoms with Crippen LogP contribution in [-0.4, -0.2) is 0 Å². The van der Waals surface area contributed by atoms with Gasteiger partial charge in [-0.2, -0.15) is 0 Å². The van der Waals surface area contributed by atoms with Crippen LogP contribution in [0.3, 0.4) is 0 Å². The maximum atomic E-state index is 2.43. The van der Waals surface area contributed by atoms with E-state index in [-0.39, 0.29) is 5.41 Å². The summed E-state index contributed by atoms with van der Waals surface area (Å²) in [5, 5.41) is 0. The summed E-state index contributed by atoms with van der Waals surface area (Å²) < 4.78 is 0. The minimum Gasteiger partial charge on any atom is -0.0836 e. The van der Waals surface area contributed by atoms with Crippen molar-refractivity contribution in [1.29, 1.82) is 0 Å². The van der Waals surface area contributed by atoms with Gasteiger partial charge < -0.3 is 0 Å². The zero-order valence-electron chi connectivity index (χ0n) is 16.4. The number of hydrogen-bond acceptors (Lipinski definition) is 0. The van der Waals surface area contributed by atoms with Crippen molar-refractivity contribution in [3.8, 4) is 0 Å². The summed E-state index contributed by atoms with van der Waals surface area (Å²) in [6, 6.07) is 27.4. The molecule has 0 amide bonds. The third-order valence-corrected chi connectivity index (χ3v) is 7.24. The monoisotopic (exact) mass is 360 g/mol. The van der Waals surface area contributed by atoms with Gasteiger partial charge in [-0.3, -0.25) is 0 Å². The van der Waals surface area contributed by atoms with Crippen molar-refractivity contribution in [2.45, 2.75) is 31.6 Å². The molecular formula is C28H24. The summed E-state index contributed by atoms with van der Waals surface area (Å²) in [7, 11) is 0. The lowest BCUT2D eigenvalue weighted by Gasteiger charge is -2.43.